The summed E-state index contributed by atoms with van der Waals surface area (Å²) in [5.74, 6) is -0.267. The van der Waals surface area contributed by atoms with Gasteiger partial charge in [-0.3, -0.25) is 4.98 Å². The van der Waals surface area contributed by atoms with E-state index in [0.717, 1.165) is 25.7 Å². The van der Waals surface area contributed by atoms with Gasteiger partial charge in [-0.15, -0.1) is 0 Å². The highest BCUT2D eigenvalue weighted by Gasteiger charge is 2.05. The summed E-state index contributed by atoms with van der Waals surface area (Å²) in [5, 5.41) is 8.65. The van der Waals surface area contributed by atoms with Crippen LogP contribution >= 0.6 is 0 Å². The molecule has 4 nitrogen and oxygen atoms in total. The third-order valence-electron chi connectivity index (χ3n) is 3.20. The van der Waals surface area contributed by atoms with Crippen LogP contribution in [0.4, 0.5) is 0 Å². The Balaban J connectivity index is 1.91. The van der Waals surface area contributed by atoms with E-state index in [1.807, 2.05) is 0 Å². The van der Waals surface area contributed by atoms with E-state index in [1.54, 1.807) is 24.5 Å². The van der Waals surface area contributed by atoms with Crippen LogP contribution in [0.3, 0.4) is 0 Å². The minimum atomic E-state index is -0.267. The van der Waals surface area contributed by atoms with E-state index >= 15 is 0 Å². The van der Waals surface area contributed by atoms with E-state index < -0.39 is 0 Å². The summed E-state index contributed by atoms with van der Waals surface area (Å²) >= 11 is 0. The third kappa shape index (κ3) is 7.89. The molecule has 1 heterocycles. The number of hydrogen-bond donors (Lipinski definition) is 1. The Hall–Kier alpha value is -1.42. The van der Waals surface area contributed by atoms with Crippen molar-refractivity contribution in [1.29, 1.82) is 0 Å². The number of rotatable bonds is 11. The highest BCUT2D eigenvalue weighted by molar-refractivity contribution is 5.89. The van der Waals surface area contributed by atoms with E-state index in [4.69, 9.17) is 9.84 Å². The number of esters is 1. The number of aromatic nitrogens is 1. The number of carbonyl (C=O) groups is 1. The maximum atomic E-state index is 11.6. The predicted octanol–water partition coefficient (Wildman–Crippen LogP) is 3.35. The van der Waals surface area contributed by atoms with Crippen LogP contribution in [-0.4, -0.2) is 29.3 Å². The Labute approximate surface area is 121 Å². The standard InChI is InChI=1S/C16H25NO3/c18-13-7-5-3-1-2-4-6-8-14-20-16(19)15-9-11-17-12-10-15/h9-12,18H,1-8,13-14H2. The molecule has 1 aromatic rings. The number of unbranched alkanes of at least 4 members (excludes halogenated alkanes) is 7. The van der Waals surface area contributed by atoms with Crippen molar-refractivity contribution in [2.24, 2.45) is 0 Å². The number of nitrogens with zero attached hydrogens (tertiary/aromatic N) is 1. The average molecular weight is 279 g/mol. The van der Waals surface area contributed by atoms with Crippen molar-refractivity contribution in [3.8, 4) is 0 Å². The first-order chi connectivity index (χ1) is 9.84. The van der Waals surface area contributed by atoms with Crippen LogP contribution in [0.25, 0.3) is 0 Å². The van der Waals surface area contributed by atoms with Gasteiger partial charge in [0.05, 0.1) is 12.2 Å². The van der Waals surface area contributed by atoms with Crippen molar-refractivity contribution in [3.05, 3.63) is 30.1 Å². The van der Waals surface area contributed by atoms with Gasteiger partial charge in [0.25, 0.3) is 0 Å². The van der Waals surface area contributed by atoms with Crippen LogP contribution in [-0.2, 0) is 4.74 Å². The predicted molar refractivity (Wildman–Crippen MR) is 78.5 cm³/mol. The molecule has 4 heteroatoms. The van der Waals surface area contributed by atoms with Crippen LogP contribution in [0.2, 0.25) is 0 Å². The minimum absolute atomic E-state index is 0.267. The molecule has 0 bridgehead atoms. The Morgan fingerprint density at radius 1 is 0.950 bits per heavy atom. The Kier molecular flexibility index (Phi) is 9.49. The summed E-state index contributed by atoms with van der Waals surface area (Å²) in [6.45, 7) is 0.800. The SMILES string of the molecule is O=C(OCCCCCCCCCCO)c1ccncc1. The zero-order valence-electron chi connectivity index (χ0n) is 12.1. The first-order valence-corrected chi connectivity index (χ1v) is 7.52. The van der Waals surface area contributed by atoms with Crippen LogP contribution in [0.1, 0.15) is 61.7 Å². The lowest BCUT2D eigenvalue weighted by atomic mass is 10.1. The number of pyridine rings is 1. The summed E-state index contributed by atoms with van der Waals surface area (Å²) in [6, 6.07) is 3.32. The van der Waals surface area contributed by atoms with Crippen LogP contribution in [0, 0.1) is 0 Å². The van der Waals surface area contributed by atoms with Gasteiger partial charge in [-0.2, -0.15) is 0 Å². The molecule has 112 valence electrons. The molecule has 1 N–H and O–H groups in total. The molecule has 0 aromatic carbocycles. The minimum Gasteiger partial charge on any atom is -0.462 e. The molecule has 0 aliphatic heterocycles. The number of hydrogen-bond acceptors (Lipinski definition) is 4. The fraction of sp³-hybridized carbons (Fsp3) is 0.625. The second-order valence-corrected chi connectivity index (χ2v) is 4.92. The molecule has 0 aliphatic rings. The van der Waals surface area contributed by atoms with Gasteiger partial charge < -0.3 is 9.84 Å². The largest absolute Gasteiger partial charge is 0.462 e. The van der Waals surface area contributed by atoms with Gasteiger partial charge >= 0.3 is 5.97 Å². The van der Waals surface area contributed by atoms with Crippen molar-refractivity contribution in [2.75, 3.05) is 13.2 Å². The smallest absolute Gasteiger partial charge is 0.338 e. The quantitative estimate of drug-likeness (QED) is 0.498. The molecule has 0 saturated heterocycles. The fourth-order valence-electron chi connectivity index (χ4n) is 2.01. The molecule has 0 saturated carbocycles. The molecule has 0 unspecified atom stereocenters. The molecule has 1 aromatic heterocycles. The topological polar surface area (TPSA) is 59.4 Å². The molecule has 0 amide bonds. The molecular weight excluding hydrogens is 254 g/mol. The zero-order chi connectivity index (χ0) is 14.5. The molecule has 0 spiro atoms. The van der Waals surface area contributed by atoms with Crippen LogP contribution < -0.4 is 0 Å². The van der Waals surface area contributed by atoms with Crippen molar-refractivity contribution < 1.29 is 14.6 Å². The summed E-state index contributed by atoms with van der Waals surface area (Å²) < 4.78 is 5.19. The highest BCUT2D eigenvalue weighted by atomic mass is 16.5. The fourth-order valence-corrected chi connectivity index (χ4v) is 2.01. The molecule has 0 aliphatic carbocycles. The van der Waals surface area contributed by atoms with E-state index in [-0.39, 0.29) is 5.97 Å². The lowest BCUT2D eigenvalue weighted by Crippen LogP contribution is -2.06. The van der Waals surface area contributed by atoms with Crippen molar-refractivity contribution in [1.82, 2.24) is 4.98 Å². The van der Waals surface area contributed by atoms with Crippen molar-refractivity contribution in [3.63, 3.8) is 0 Å². The van der Waals surface area contributed by atoms with Gasteiger partial charge in [0.2, 0.25) is 0 Å². The molecule has 1 rings (SSSR count). The van der Waals surface area contributed by atoms with Gasteiger partial charge in [-0.1, -0.05) is 38.5 Å². The molecule has 0 radical (unpaired) electrons. The normalized spacial score (nSPS) is 10.4. The second kappa shape index (κ2) is 11.4. The summed E-state index contributed by atoms with van der Waals surface area (Å²) in [5.41, 5.74) is 0.559. The lowest BCUT2D eigenvalue weighted by molar-refractivity contribution is 0.0497. The van der Waals surface area contributed by atoms with Crippen molar-refractivity contribution >= 4 is 5.97 Å². The molecule has 0 fully saturated rings. The first-order valence-electron chi connectivity index (χ1n) is 7.52. The number of aliphatic hydroxyl groups excluding tert-OH is 1. The third-order valence-corrected chi connectivity index (χ3v) is 3.20. The number of ether oxygens (including phenoxy) is 1. The van der Waals surface area contributed by atoms with E-state index in [9.17, 15) is 4.79 Å². The molecular formula is C16H25NO3. The Bertz CT molecular complexity index is 354. The molecule has 0 atom stereocenters. The van der Waals surface area contributed by atoms with E-state index in [0.29, 0.717) is 18.8 Å². The zero-order valence-corrected chi connectivity index (χ0v) is 12.1. The van der Waals surface area contributed by atoms with Gasteiger partial charge in [0.15, 0.2) is 0 Å². The lowest BCUT2D eigenvalue weighted by Gasteiger charge is -2.04. The molecule has 20 heavy (non-hydrogen) atoms. The number of aliphatic hydroxyl groups is 1. The van der Waals surface area contributed by atoms with E-state index in [1.165, 1.54) is 25.7 Å². The van der Waals surface area contributed by atoms with Gasteiger partial charge in [0, 0.05) is 19.0 Å². The maximum absolute atomic E-state index is 11.6. The first kappa shape index (κ1) is 16.6. The Morgan fingerprint density at radius 2 is 1.50 bits per heavy atom. The van der Waals surface area contributed by atoms with Gasteiger partial charge in [-0.05, 0) is 25.0 Å². The highest BCUT2D eigenvalue weighted by Crippen LogP contribution is 2.09. The van der Waals surface area contributed by atoms with Crippen LogP contribution in [0.15, 0.2) is 24.5 Å². The summed E-state index contributed by atoms with van der Waals surface area (Å²) in [7, 11) is 0. The van der Waals surface area contributed by atoms with Gasteiger partial charge in [-0.25, -0.2) is 4.79 Å². The maximum Gasteiger partial charge on any atom is 0.338 e. The van der Waals surface area contributed by atoms with Crippen LogP contribution in [0.5, 0.6) is 0 Å². The average Bonchev–Trinajstić information content (AvgIpc) is 2.50. The second-order valence-electron chi connectivity index (χ2n) is 4.92. The van der Waals surface area contributed by atoms with Crippen molar-refractivity contribution in [2.45, 2.75) is 51.4 Å². The monoisotopic (exact) mass is 279 g/mol. The summed E-state index contributed by atoms with van der Waals surface area (Å²) in [4.78, 5) is 15.5. The Morgan fingerprint density at radius 3 is 2.10 bits per heavy atom. The number of carbonyl (C=O) groups excluding carboxylic acids is 1. The van der Waals surface area contributed by atoms with E-state index in [2.05, 4.69) is 4.98 Å². The summed E-state index contributed by atoms with van der Waals surface area (Å²) in [6.07, 6.45) is 12.1. The van der Waals surface area contributed by atoms with Gasteiger partial charge in [0.1, 0.15) is 0 Å².